The topological polar surface area (TPSA) is 52.0 Å². The molecule has 2 aromatic rings. The number of nitrogens with two attached hydrogens (primary N) is 2. The lowest BCUT2D eigenvalue weighted by Crippen LogP contribution is -2.05. The molecule has 0 unspecified atom stereocenters. The second-order valence-electron chi connectivity index (χ2n) is 6.80. The molecular weight excluding hydrogens is 328 g/mol. The van der Waals surface area contributed by atoms with Gasteiger partial charge in [0.2, 0.25) is 0 Å². The van der Waals surface area contributed by atoms with Crippen LogP contribution in [0.25, 0.3) is 0 Å². The van der Waals surface area contributed by atoms with Crippen LogP contribution in [0.5, 0.6) is 0 Å². The molecule has 0 aliphatic rings. The minimum absolute atomic E-state index is 0.748. The summed E-state index contributed by atoms with van der Waals surface area (Å²) in [5, 5.41) is 0. The van der Waals surface area contributed by atoms with Crippen LogP contribution in [0.15, 0.2) is 74.9 Å². The molecule has 0 amide bonds. The van der Waals surface area contributed by atoms with E-state index in [0.717, 1.165) is 65.7 Å². The van der Waals surface area contributed by atoms with Crippen LogP contribution in [0.2, 0.25) is 0 Å². The van der Waals surface area contributed by atoms with Crippen molar-refractivity contribution in [1.29, 1.82) is 0 Å². The van der Waals surface area contributed by atoms with Crippen molar-refractivity contribution in [3.63, 3.8) is 0 Å². The molecule has 0 aliphatic carbocycles. The Kier molecular flexibility index (Phi) is 7.25. The smallest absolute Gasteiger partial charge is 0.0385 e. The molecule has 2 nitrogen and oxygen atoms in total. The van der Waals surface area contributed by atoms with E-state index in [1.807, 2.05) is 24.3 Å². The highest BCUT2D eigenvalue weighted by atomic mass is 14.6. The van der Waals surface area contributed by atoms with Gasteiger partial charge in [-0.1, -0.05) is 48.6 Å². The van der Waals surface area contributed by atoms with Gasteiger partial charge in [-0.2, -0.15) is 0 Å². The van der Waals surface area contributed by atoms with Crippen LogP contribution in [-0.2, 0) is 32.1 Å². The first-order chi connectivity index (χ1) is 13.0. The molecule has 0 heterocycles. The van der Waals surface area contributed by atoms with E-state index in [2.05, 4.69) is 50.6 Å². The maximum absolute atomic E-state index is 6.47. The van der Waals surface area contributed by atoms with Crippen LogP contribution >= 0.6 is 0 Å². The van der Waals surface area contributed by atoms with Crippen molar-refractivity contribution in [2.75, 3.05) is 11.5 Å². The van der Waals surface area contributed by atoms with Gasteiger partial charge >= 0.3 is 0 Å². The van der Waals surface area contributed by atoms with Crippen molar-refractivity contribution in [2.24, 2.45) is 0 Å². The third-order valence-corrected chi connectivity index (χ3v) is 4.69. The molecule has 0 bridgehead atoms. The second-order valence-corrected chi connectivity index (χ2v) is 6.80. The van der Waals surface area contributed by atoms with Crippen LogP contribution in [0.1, 0.15) is 33.4 Å². The Balaban J connectivity index is 2.51. The Labute approximate surface area is 163 Å². The standard InChI is InChI=1S/C25H30N2/c1-5-9-18-13-20(10-6-2)25(27)23(14-18)17-19-15-21(11-7-3)24(26)22(16-19)12-8-4/h5-8,13-16H,1-4,9-12,17,26-27H2. The van der Waals surface area contributed by atoms with Crippen molar-refractivity contribution < 1.29 is 0 Å². The summed E-state index contributed by atoms with van der Waals surface area (Å²) in [4.78, 5) is 0. The van der Waals surface area contributed by atoms with Gasteiger partial charge in [0.25, 0.3) is 0 Å². The normalized spacial score (nSPS) is 10.4. The van der Waals surface area contributed by atoms with E-state index in [4.69, 9.17) is 11.5 Å². The molecule has 0 aromatic heterocycles. The van der Waals surface area contributed by atoms with Crippen LogP contribution in [-0.4, -0.2) is 0 Å². The number of anilines is 2. The molecule has 0 fully saturated rings. The average Bonchev–Trinajstić information content (AvgIpc) is 2.63. The Morgan fingerprint density at radius 1 is 0.556 bits per heavy atom. The van der Waals surface area contributed by atoms with Gasteiger partial charge in [0.15, 0.2) is 0 Å². The molecule has 0 spiro atoms. The summed E-state index contributed by atoms with van der Waals surface area (Å²) in [6, 6.07) is 8.66. The predicted octanol–water partition coefficient (Wildman–Crippen LogP) is 5.36. The van der Waals surface area contributed by atoms with E-state index in [9.17, 15) is 0 Å². The van der Waals surface area contributed by atoms with Crippen molar-refractivity contribution >= 4 is 11.4 Å². The first-order valence-electron chi connectivity index (χ1n) is 9.27. The molecular formula is C25H30N2. The van der Waals surface area contributed by atoms with Crippen LogP contribution in [0, 0.1) is 0 Å². The van der Waals surface area contributed by atoms with Gasteiger partial charge < -0.3 is 11.5 Å². The number of nitrogen functional groups attached to an aromatic ring is 2. The Morgan fingerprint density at radius 2 is 0.926 bits per heavy atom. The minimum Gasteiger partial charge on any atom is -0.398 e. The van der Waals surface area contributed by atoms with Gasteiger partial charge in [0.1, 0.15) is 0 Å². The van der Waals surface area contributed by atoms with Crippen molar-refractivity contribution in [3.8, 4) is 0 Å². The van der Waals surface area contributed by atoms with Gasteiger partial charge in [-0.15, -0.1) is 26.3 Å². The number of allylic oxidation sites excluding steroid dienone is 4. The molecule has 140 valence electrons. The van der Waals surface area contributed by atoms with E-state index in [-0.39, 0.29) is 0 Å². The third-order valence-electron chi connectivity index (χ3n) is 4.69. The quantitative estimate of drug-likeness (QED) is 0.444. The molecule has 0 saturated heterocycles. The minimum atomic E-state index is 0.748. The molecule has 0 saturated carbocycles. The van der Waals surface area contributed by atoms with Crippen LogP contribution in [0.4, 0.5) is 11.4 Å². The van der Waals surface area contributed by atoms with E-state index >= 15 is 0 Å². The Hall–Kier alpha value is -3.00. The maximum atomic E-state index is 6.47. The molecule has 2 aromatic carbocycles. The summed E-state index contributed by atoms with van der Waals surface area (Å²) in [7, 11) is 0. The first-order valence-corrected chi connectivity index (χ1v) is 9.27. The summed E-state index contributed by atoms with van der Waals surface area (Å²) >= 11 is 0. The molecule has 0 atom stereocenters. The van der Waals surface area contributed by atoms with Crippen molar-refractivity contribution in [2.45, 2.75) is 32.1 Å². The monoisotopic (exact) mass is 358 g/mol. The van der Waals surface area contributed by atoms with E-state index in [1.54, 1.807) is 0 Å². The predicted molar refractivity (Wildman–Crippen MR) is 120 cm³/mol. The second kappa shape index (κ2) is 9.63. The van der Waals surface area contributed by atoms with Gasteiger partial charge in [-0.25, -0.2) is 0 Å². The summed E-state index contributed by atoms with van der Waals surface area (Å²) in [6.45, 7) is 15.4. The largest absolute Gasteiger partial charge is 0.398 e. The fourth-order valence-corrected chi connectivity index (χ4v) is 3.43. The van der Waals surface area contributed by atoms with E-state index < -0.39 is 0 Å². The maximum Gasteiger partial charge on any atom is 0.0385 e. The van der Waals surface area contributed by atoms with Gasteiger partial charge in [-0.05, 0) is 65.5 Å². The third kappa shape index (κ3) is 5.01. The zero-order chi connectivity index (χ0) is 19.8. The average molecular weight is 359 g/mol. The number of benzene rings is 2. The summed E-state index contributed by atoms with van der Waals surface area (Å²) < 4.78 is 0. The number of hydrogen-bond acceptors (Lipinski definition) is 2. The van der Waals surface area contributed by atoms with Crippen molar-refractivity contribution in [1.82, 2.24) is 0 Å². The van der Waals surface area contributed by atoms with E-state index in [0.29, 0.717) is 0 Å². The molecule has 0 aliphatic heterocycles. The summed E-state index contributed by atoms with van der Waals surface area (Å²) in [5.41, 5.74) is 21.4. The van der Waals surface area contributed by atoms with Gasteiger partial charge in [0, 0.05) is 11.4 Å². The molecule has 2 heteroatoms. The summed E-state index contributed by atoms with van der Waals surface area (Å²) in [5.74, 6) is 0. The lowest BCUT2D eigenvalue weighted by Gasteiger charge is -2.16. The number of rotatable bonds is 10. The molecule has 4 N–H and O–H groups in total. The van der Waals surface area contributed by atoms with Gasteiger partial charge in [-0.3, -0.25) is 0 Å². The highest BCUT2D eigenvalue weighted by Gasteiger charge is 2.11. The van der Waals surface area contributed by atoms with Crippen LogP contribution in [0.3, 0.4) is 0 Å². The molecule has 0 radical (unpaired) electrons. The fraction of sp³-hybridized carbons (Fsp3) is 0.200. The summed E-state index contributed by atoms with van der Waals surface area (Å²) in [6.07, 6.45) is 11.4. The first kappa shape index (κ1) is 20.3. The SMILES string of the molecule is C=CCc1cc(CC=C)c(N)c(Cc2cc(CC=C)c(N)c(CC=C)c2)c1. The zero-order valence-electron chi connectivity index (χ0n) is 16.1. The van der Waals surface area contributed by atoms with Crippen molar-refractivity contribution in [3.05, 3.63) is 108 Å². The van der Waals surface area contributed by atoms with Gasteiger partial charge in [0.05, 0.1) is 0 Å². The molecule has 2 rings (SSSR count). The highest BCUT2D eigenvalue weighted by Crippen LogP contribution is 2.28. The molecule has 27 heavy (non-hydrogen) atoms. The van der Waals surface area contributed by atoms with E-state index in [1.165, 1.54) is 11.1 Å². The highest BCUT2D eigenvalue weighted by molar-refractivity contribution is 5.61. The zero-order valence-corrected chi connectivity index (χ0v) is 16.1. The fourth-order valence-electron chi connectivity index (χ4n) is 3.43. The lowest BCUT2D eigenvalue weighted by atomic mass is 9.92. The Morgan fingerprint density at radius 3 is 1.37 bits per heavy atom. The van der Waals surface area contributed by atoms with Crippen LogP contribution < -0.4 is 11.5 Å². The Bertz CT molecular complexity index is 828. The number of hydrogen-bond donors (Lipinski definition) is 2. The lowest BCUT2D eigenvalue weighted by molar-refractivity contribution is 1.11.